The summed E-state index contributed by atoms with van der Waals surface area (Å²) in [5, 5.41) is 5.83. The average Bonchev–Trinajstić information content (AvgIpc) is 2.81. The second kappa shape index (κ2) is 8.83. The lowest BCUT2D eigenvalue weighted by Crippen LogP contribution is -2.42. The predicted octanol–water partition coefficient (Wildman–Crippen LogP) is 2.49. The number of carbonyl (C=O) groups is 1. The molecule has 6 heteroatoms. The highest BCUT2D eigenvalue weighted by Gasteiger charge is 2.42. The highest BCUT2D eigenvalue weighted by Crippen LogP contribution is 2.32. The number of hydrogen-bond acceptors (Lipinski definition) is 4. The number of ether oxygens (including phenoxy) is 3. The molecule has 0 aromatic heterocycles. The molecule has 3 rings (SSSR count). The molecular weight excluding hydrogens is 308 g/mol. The van der Waals surface area contributed by atoms with Gasteiger partial charge >= 0.3 is 6.03 Å². The summed E-state index contributed by atoms with van der Waals surface area (Å²) in [7, 11) is 0. The fourth-order valence-electron chi connectivity index (χ4n) is 3.58. The van der Waals surface area contributed by atoms with Crippen LogP contribution in [0.5, 0.6) is 0 Å². The lowest BCUT2D eigenvalue weighted by Gasteiger charge is -2.31. The monoisotopic (exact) mass is 338 g/mol. The van der Waals surface area contributed by atoms with Crippen LogP contribution in [0.1, 0.15) is 51.4 Å². The topological polar surface area (TPSA) is 68.8 Å². The molecule has 136 valence electrons. The summed E-state index contributed by atoms with van der Waals surface area (Å²) in [5.74, 6) is -0.479. The van der Waals surface area contributed by atoms with Gasteiger partial charge in [-0.05, 0) is 32.1 Å². The van der Waals surface area contributed by atoms with E-state index >= 15 is 0 Å². The molecule has 6 nitrogen and oxygen atoms in total. The van der Waals surface area contributed by atoms with Gasteiger partial charge in [-0.25, -0.2) is 4.79 Å². The number of nitrogens with one attached hydrogen (secondary N) is 2. The minimum Gasteiger partial charge on any atom is -0.381 e. The lowest BCUT2D eigenvalue weighted by molar-refractivity contribution is -0.210. The van der Waals surface area contributed by atoms with Crippen molar-refractivity contribution in [1.29, 1.82) is 0 Å². The molecule has 3 aliphatic rings. The molecule has 1 aliphatic carbocycles. The molecule has 1 spiro atoms. The van der Waals surface area contributed by atoms with Crippen LogP contribution >= 0.6 is 0 Å². The summed E-state index contributed by atoms with van der Waals surface area (Å²) in [6.45, 7) is 3.07. The minimum absolute atomic E-state index is 0.0709. The third-order valence-electron chi connectivity index (χ3n) is 5.03. The van der Waals surface area contributed by atoms with Crippen molar-refractivity contribution < 1.29 is 19.0 Å². The Morgan fingerprint density at radius 1 is 1.21 bits per heavy atom. The second-order valence-corrected chi connectivity index (χ2v) is 6.92. The average molecular weight is 338 g/mol. The Kier molecular flexibility index (Phi) is 6.51. The maximum atomic E-state index is 11.9. The lowest BCUT2D eigenvalue weighted by atomic mass is 10.1. The Hall–Kier alpha value is -1.11. The van der Waals surface area contributed by atoms with Gasteiger partial charge in [0.15, 0.2) is 5.79 Å². The van der Waals surface area contributed by atoms with Crippen LogP contribution in [-0.4, -0.2) is 50.8 Å². The molecule has 1 atom stereocenters. The van der Waals surface area contributed by atoms with Gasteiger partial charge in [-0.1, -0.05) is 18.1 Å². The van der Waals surface area contributed by atoms with Crippen LogP contribution in [0.15, 0.2) is 11.6 Å². The molecule has 2 fully saturated rings. The summed E-state index contributed by atoms with van der Waals surface area (Å²) in [5.41, 5.74) is 1.49. The number of allylic oxidation sites excluding steroid dienone is 1. The van der Waals surface area contributed by atoms with Crippen molar-refractivity contribution in [1.82, 2.24) is 10.6 Å². The van der Waals surface area contributed by atoms with E-state index in [4.69, 9.17) is 14.2 Å². The van der Waals surface area contributed by atoms with Crippen molar-refractivity contribution in [2.75, 3.05) is 32.9 Å². The van der Waals surface area contributed by atoms with Gasteiger partial charge in [0.2, 0.25) is 0 Å². The van der Waals surface area contributed by atoms with Gasteiger partial charge in [-0.3, -0.25) is 0 Å². The molecule has 2 heterocycles. The zero-order valence-corrected chi connectivity index (χ0v) is 14.5. The largest absolute Gasteiger partial charge is 0.381 e. The van der Waals surface area contributed by atoms with E-state index in [1.807, 2.05) is 0 Å². The maximum absolute atomic E-state index is 11.9. The van der Waals surface area contributed by atoms with Gasteiger partial charge in [0.05, 0.1) is 19.8 Å². The van der Waals surface area contributed by atoms with Gasteiger partial charge in [-0.15, -0.1) is 0 Å². The van der Waals surface area contributed by atoms with Crippen molar-refractivity contribution in [3.8, 4) is 0 Å². The number of amides is 2. The summed E-state index contributed by atoms with van der Waals surface area (Å²) >= 11 is 0. The van der Waals surface area contributed by atoms with Crippen LogP contribution in [0.4, 0.5) is 4.79 Å². The first kappa shape index (κ1) is 17.7. The second-order valence-electron chi connectivity index (χ2n) is 6.92. The molecule has 0 saturated carbocycles. The zero-order chi connectivity index (χ0) is 16.7. The normalized spacial score (nSPS) is 26.7. The highest BCUT2D eigenvalue weighted by molar-refractivity contribution is 5.73. The van der Waals surface area contributed by atoms with Crippen LogP contribution in [0, 0.1) is 0 Å². The fraction of sp³-hybridized carbons (Fsp3) is 0.833. The van der Waals surface area contributed by atoms with E-state index in [0.717, 1.165) is 19.3 Å². The Balaban J connectivity index is 1.29. The standard InChI is InChI=1S/C18H30N2O4/c21-17(19-10-7-15-5-3-1-2-4-6-15)20-13-16-14-23-18(24-16)8-11-22-12-9-18/h5,16H,1-4,6-14H2,(H2,19,20,21). The Morgan fingerprint density at radius 2 is 2.08 bits per heavy atom. The Labute approximate surface area is 144 Å². The van der Waals surface area contributed by atoms with Crippen molar-refractivity contribution in [3.05, 3.63) is 11.6 Å². The summed E-state index contributed by atoms with van der Waals surface area (Å²) < 4.78 is 17.2. The molecular formula is C18H30N2O4. The Morgan fingerprint density at radius 3 is 2.96 bits per heavy atom. The number of hydrogen-bond donors (Lipinski definition) is 2. The molecule has 0 aromatic carbocycles. The molecule has 24 heavy (non-hydrogen) atoms. The fourth-order valence-corrected chi connectivity index (χ4v) is 3.58. The predicted molar refractivity (Wildman–Crippen MR) is 90.8 cm³/mol. The molecule has 0 radical (unpaired) electrons. The van der Waals surface area contributed by atoms with E-state index in [9.17, 15) is 4.79 Å². The molecule has 0 aromatic rings. The molecule has 0 bridgehead atoms. The van der Waals surface area contributed by atoms with E-state index in [-0.39, 0.29) is 12.1 Å². The highest BCUT2D eigenvalue weighted by atomic mass is 16.7. The smallest absolute Gasteiger partial charge is 0.314 e. The SMILES string of the molecule is O=C(NCCC1=CCCCCC1)NCC1COC2(CCOCC2)O1. The first-order valence-electron chi connectivity index (χ1n) is 9.35. The van der Waals surface area contributed by atoms with Gasteiger partial charge in [0.1, 0.15) is 6.10 Å². The van der Waals surface area contributed by atoms with E-state index in [2.05, 4.69) is 16.7 Å². The number of urea groups is 1. The zero-order valence-electron chi connectivity index (χ0n) is 14.5. The molecule has 2 amide bonds. The van der Waals surface area contributed by atoms with E-state index in [0.29, 0.717) is 32.9 Å². The first-order valence-corrected chi connectivity index (χ1v) is 9.35. The summed E-state index contributed by atoms with van der Waals surface area (Å²) in [6.07, 6.45) is 11.1. The molecule has 2 aliphatic heterocycles. The number of carbonyl (C=O) groups excluding carboxylic acids is 1. The molecule has 2 saturated heterocycles. The van der Waals surface area contributed by atoms with Crippen molar-refractivity contribution in [2.24, 2.45) is 0 Å². The van der Waals surface area contributed by atoms with Gasteiger partial charge in [-0.2, -0.15) is 0 Å². The van der Waals surface area contributed by atoms with Gasteiger partial charge < -0.3 is 24.8 Å². The van der Waals surface area contributed by atoms with E-state index in [1.54, 1.807) is 0 Å². The van der Waals surface area contributed by atoms with Crippen LogP contribution in [0.2, 0.25) is 0 Å². The summed E-state index contributed by atoms with van der Waals surface area (Å²) in [6, 6.07) is -0.124. The van der Waals surface area contributed by atoms with Crippen LogP contribution < -0.4 is 10.6 Å². The maximum Gasteiger partial charge on any atom is 0.314 e. The Bertz CT molecular complexity index is 446. The number of rotatable bonds is 5. The van der Waals surface area contributed by atoms with Crippen molar-refractivity contribution >= 4 is 6.03 Å². The van der Waals surface area contributed by atoms with Gasteiger partial charge in [0.25, 0.3) is 0 Å². The van der Waals surface area contributed by atoms with Crippen LogP contribution in [0.25, 0.3) is 0 Å². The van der Waals surface area contributed by atoms with Crippen molar-refractivity contribution in [3.63, 3.8) is 0 Å². The van der Waals surface area contributed by atoms with Crippen molar-refractivity contribution in [2.45, 2.75) is 63.3 Å². The minimum atomic E-state index is -0.479. The summed E-state index contributed by atoms with van der Waals surface area (Å²) in [4.78, 5) is 11.9. The third-order valence-corrected chi connectivity index (χ3v) is 5.03. The van der Waals surface area contributed by atoms with Crippen LogP contribution in [-0.2, 0) is 14.2 Å². The third kappa shape index (κ3) is 5.19. The molecule has 2 N–H and O–H groups in total. The van der Waals surface area contributed by atoms with E-state index in [1.165, 1.54) is 37.7 Å². The quantitative estimate of drug-likeness (QED) is 0.756. The van der Waals surface area contributed by atoms with E-state index < -0.39 is 5.79 Å². The van der Waals surface area contributed by atoms with Crippen LogP contribution in [0.3, 0.4) is 0 Å². The van der Waals surface area contributed by atoms with Gasteiger partial charge in [0, 0.05) is 25.9 Å². The first-order chi connectivity index (χ1) is 11.8. The molecule has 1 unspecified atom stereocenters.